The molecule has 3 fully saturated rings. The molecule has 0 unspecified atom stereocenters. The number of aryl methyl sites for hydroxylation is 1. The van der Waals surface area contributed by atoms with Crippen molar-refractivity contribution in [1.82, 2.24) is 0 Å². The standard InChI is InChI=1S/C33H42ClNO6S/c1-7-28(38)40-17-26(37)33(41-29(39)8-2)20(4)14-24-23-10-9-21-15-22(35-27-13-19(3)18-42-27)11-12-30(21,5)32(23,34)25(36)16-31(24,33)6/h11-13,15,18,20,23-25,36H,7-10,14,16-17H2,1-6H3/b35-22+/t20-,23-,24-,25-,30-,31-,32-,33-/m0/s1. The Hall–Kier alpha value is -2.29. The van der Waals surface area contributed by atoms with E-state index in [-0.39, 0.29) is 37.0 Å². The molecule has 5 rings (SSSR count). The molecule has 0 amide bonds. The van der Waals surface area contributed by atoms with Gasteiger partial charge in [-0.1, -0.05) is 46.3 Å². The first kappa shape index (κ1) is 31.1. The second-order valence-corrected chi connectivity index (χ2v) is 14.5. The third-order valence-electron chi connectivity index (χ3n) is 10.8. The van der Waals surface area contributed by atoms with E-state index in [1.807, 2.05) is 19.9 Å². The molecule has 1 aromatic heterocycles. The summed E-state index contributed by atoms with van der Waals surface area (Å²) in [5, 5.41) is 15.1. The molecule has 228 valence electrons. The van der Waals surface area contributed by atoms with Crippen molar-refractivity contribution in [3.63, 3.8) is 0 Å². The van der Waals surface area contributed by atoms with Gasteiger partial charge >= 0.3 is 11.9 Å². The number of hydrogen-bond donors (Lipinski definition) is 1. The second kappa shape index (κ2) is 11.0. The lowest BCUT2D eigenvalue weighted by Crippen LogP contribution is -2.69. The van der Waals surface area contributed by atoms with Crippen LogP contribution in [0, 0.1) is 35.5 Å². The van der Waals surface area contributed by atoms with Gasteiger partial charge in [0, 0.05) is 29.6 Å². The number of ketones is 1. The molecule has 8 atom stereocenters. The number of aliphatic hydroxyl groups excluding tert-OH is 1. The van der Waals surface area contributed by atoms with E-state index < -0.39 is 51.7 Å². The largest absolute Gasteiger partial charge is 0.457 e. The lowest BCUT2D eigenvalue weighted by Gasteiger charge is -2.64. The normalized spacial score (nSPS) is 39.6. The van der Waals surface area contributed by atoms with Gasteiger partial charge in [0.2, 0.25) is 5.78 Å². The number of aliphatic imine (C=N–C) groups is 1. The Morgan fingerprint density at radius 3 is 2.52 bits per heavy atom. The molecule has 4 aliphatic carbocycles. The van der Waals surface area contributed by atoms with Crippen LogP contribution in [0.25, 0.3) is 0 Å². The van der Waals surface area contributed by atoms with E-state index in [1.54, 1.807) is 25.2 Å². The summed E-state index contributed by atoms with van der Waals surface area (Å²) in [5.41, 5.74) is 0.135. The van der Waals surface area contributed by atoms with Gasteiger partial charge in [0.05, 0.1) is 16.7 Å². The summed E-state index contributed by atoms with van der Waals surface area (Å²) < 4.78 is 11.4. The maximum Gasteiger partial charge on any atom is 0.306 e. The Morgan fingerprint density at radius 2 is 1.88 bits per heavy atom. The number of carbonyl (C=O) groups excluding carboxylic acids is 3. The van der Waals surface area contributed by atoms with Crippen LogP contribution in [0.2, 0.25) is 0 Å². The van der Waals surface area contributed by atoms with Gasteiger partial charge in [0.25, 0.3) is 0 Å². The molecule has 0 spiro atoms. The van der Waals surface area contributed by atoms with Crippen LogP contribution in [-0.2, 0) is 23.9 Å². The molecule has 0 saturated heterocycles. The van der Waals surface area contributed by atoms with Gasteiger partial charge in [-0.2, -0.15) is 0 Å². The molecule has 9 heteroatoms. The van der Waals surface area contributed by atoms with Crippen LogP contribution < -0.4 is 0 Å². The van der Waals surface area contributed by atoms with Crippen molar-refractivity contribution in [2.75, 3.05) is 6.61 Å². The first-order valence-corrected chi connectivity index (χ1v) is 16.3. The number of ether oxygens (including phenoxy) is 2. The molecule has 1 aromatic rings. The molecule has 7 nitrogen and oxygen atoms in total. The van der Waals surface area contributed by atoms with E-state index in [0.717, 1.165) is 29.1 Å². The van der Waals surface area contributed by atoms with Crippen molar-refractivity contribution in [2.45, 2.75) is 96.6 Å². The molecule has 1 N–H and O–H groups in total. The van der Waals surface area contributed by atoms with Crippen molar-refractivity contribution < 1.29 is 29.0 Å². The number of Topliss-reactive ketones (excluding diaryl/α,β-unsaturated/α-hetero) is 1. The van der Waals surface area contributed by atoms with Crippen LogP contribution in [0.3, 0.4) is 0 Å². The van der Waals surface area contributed by atoms with E-state index in [9.17, 15) is 19.5 Å². The van der Waals surface area contributed by atoms with Crippen LogP contribution in [-0.4, -0.2) is 51.7 Å². The minimum atomic E-state index is -1.53. The van der Waals surface area contributed by atoms with Gasteiger partial charge < -0.3 is 14.6 Å². The fourth-order valence-corrected chi connectivity index (χ4v) is 10.00. The summed E-state index contributed by atoms with van der Waals surface area (Å²) in [6.45, 7) is 10.9. The molecular weight excluding hydrogens is 574 g/mol. The van der Waals surface area contributed by atoms with E-state index in [4.69, 9.17) is 26.1 Å². The molecule has 0 radical (unpaired) electrons. The first-order chi connectivity index (χ1) is 19.8. The van der Waals surface area contributed by atoms with E-state index >= 15 is 0 Å². The maximum absolute atomic E-state index is 14.0. The fraction of sp³-hybridized carbons (Fsp3) is 0.636. The monoisotopic (exact) mass is 615 g/mol. The van der Waals surface area contributed by atoms with Gasteiger partial charge in [-0.15, -0.1) is 22.9 Å². The molecule has 1 heterocycles. The minimum absolute atomic E-state index is 0.0974. The number of halogens is 1. The van der Waals surface area contributed by atoms with Crippen molar-refractivity contribution in [1.29, 1.82) is 0 Å². The highest BCUT2D eigenvalue weighted by molar-refractivity contribution is 7.14. The predicted molar refractivity (Wildman–Crippen MR) is 164 cm³/mol. The highest BCUT2D eigenvalue weighted by Crippen LogP contribution is 2.72. The lowest BCUT2D eigenvalue weighted by atomic mass is 9.45. The Bertz CT molecular complexity index is 1380. The quantitative estimate of drug-likeness (QED) is 0.272. The first-order valence-electron chi connectivity index (χ1n) is 15.1. The molecule has 42 heavy (non-hydrogen) atoms. The number of allylic oxidation sites excluding steroid dienone is 4. The molecule has 0 aromatic carbocycles. The van der Waals surface area contributed by atoms with Crippen molar-refractivity contribution >= 4 is 51.4 Å². The Balaban J connectivity index is 1.53. The van der Waals surface area contributed by atoms with Crippen LogP contribution >= 0.6 is 22.9 Å². The highest BCUT2D eigenvalue weighted by atomic mass is 35.5. The third kappa shape index (κ3) is 4.46. The maximum atomic E-state index is 14.0. The summed E-state index contributed by atoms with van der Waals surface area (Å²) >= 11 is 9.32. The zero-order valence-corrected chi connectivity index (χ0v) is 26.9. The van der Waals surface area contributed by atoms with Gasteiger partial charge in [-0.05, 0) is 73.6 Å². The smallest absolute Gasteiger partial charge is 0.306 e. The Kier molecular flexibility index (Phi) is 8.16. The highest BCUT2D eigenvalue weighted by Gasteiger charge is 2.76. The molecule has 0 bridgehead atoms. The number of carbonyl (C=O) groups is 3. The van der Waals surface area contributed by atoms with E-state index in [0.29, 0.717) is 6.42 Å². The number of aliphatic hydroxyl groups is 1. The summed E-state index contributed by atoms with van der Waals surface area (Å²) in [7, 11) is 0. The second-order valence-electron chi connectivity index (χ2n) is 13.0. The number of hydrogen-bond acceptors (Lipinski definition) is 8. The summed E-state index contributed by atoms with van der Waals surface area (Å²) in [6.07, 6.45) is 7.77. The van der Waals surface area contributed by atoms with Crippen LogP contribution in [0.15, 0.2) is 40.2 Å². The number of esters is 2. The van der Waals surface area contributed by atoms with Gasteiger partial charge in [-0.3, -0.25) is 14.4 Å². The summed E-state index contributed by atoms with van der Waals surface area (Å²) in [6, 6.07) is 2.06. The summed E-state index contributed by atoms with van der Waals surface area (Å²) in [4.78, 5) is 42.7. The van der Waals surface area contributed by atoms with Crippen molar-refractivity contribution in [2.24, 2.45) is 33.6 Å². The zero-order chi connectivity index (χ0) is 30.7. The number of thiophene rings is 1. The number of rotatable bonds is 7. The molecule has 3 saturated carbocycles. The van der Waals surface area contributed by atoms with Crippen LogP contribution in [0.5, 0.6) is 0 Å². The van der Waals surface area contributed by atoms with E-state index in [1.165, 1.54) is 5.56 Å². The average Bonchev–Trinajstić information content (AvgIpc) is 3.45. The third-order valence-corrected chi connectivity index (χ3v) is 12.6. The lowest BCUT2D eigenvalue weighted by molar-refractivity contribution is -0.203. The molecular formula is C33H42ClNO6S. The van der Waals surface area contributed by atoms with Crippen molar-refractivity contribution in [3.8, 4) is 0 Å². The van der Waals surface area contributed by atoms with Crippen molar-refractivity contribution in [3.05, 3.63) is 40.8 Å². The average molecular weight is 616 g/mol. The Morgan fingerprint density at radius 1 is 1.17 bits per heavy atom. The van der Waals surface area contributed by atoms with E-state index in [2.05, 4.69) is 37.4 Å². The van der Waals surface area contributed by atoms with Gasteiger partial charge in [-0.25, -0.2) is 4.99 Å². The van der Waals surface area contributed by atoms with Gasteiger partial charge in [0.1, 0.15) is 5.00 Å². The number of alkyl halides is 1. The zero-order valence-electron chi connectivity index (χ0n) is 25.4. The topological polar surface area (TPSA) is 102 Å². The minimum Gasteiger partial charge on any atom is -0.457 e. The fourth-order valence-electron chi connectivity index (χ4n) is 8.69. The summed E-state index contributed by atoms with van der Waals surface area (Å²) in [5.74, 6) is -1.99. The van der Waals surface area contributed by atoms with Crippen LogP contribution in [0.4, 0.5) is 5.00 Å². The van der Waals surface area contributed by atoms with Crippen LogP contribution in [0.1, 0.15) is 78.7 Å². The Labute approximate surface area is 257 Å². The SMILES string of the molecule is CCC(=O)OCC(=O)[C@@]1(OC(=O)CC)[C@@H](C)C[C@H]2[C@@H]3CCC4=C/C(=N/c5cc(C)cs5)C=C[C@]4(C)[C@@]3(Cl)[C@@H](O)C[C@@]21C. The number of fused-ring (bicyclic) bond motifs is 5. The molecule has 0 aliphatic heterocycles. The number of nitrogens with zero attached hydrogens (tertiary/aromatic N) is 1. The predicted octanol–water partition coefficient (Wildman–Crippen LogP) is 6.66. The van der Waals surface area contributed by atoms with Gasteiger partial charge in [0.15, 0.2) is 12.2 Å². The molecule has 4 aliphatic rings.